The smallest absolute Gasteiger partial charge is 0.335 e. The van der Waals surface area contributed by atoms with Crippen LogP contribution < -0.4 is 0 Å². The van der Waals surface area contributed by atoms with Crippen LogP contribution in [0.1, 0.15) is 22.6 Å². The molecule has 0 unspecified atom stereocenters. The molecule has 1 aliphatic heterocycles. The van der Waals surface area contributed by atoms with Gasteiger partial charge in [0.25, 0.3) is 0 Å². The quantitative estimate of drug-likeness (QED) is 0.669. The van der Waals surface area contributed by atoms with Gasteiger partial charge < -0.3 is 9.67 Å². The van der Waals surface area contributed by atoms with Crippen molar-refractivity contribution in [2.75, 3.05) is 26.2 Å². The number of carboxylic acids is 1. The van der Waals surface area contributed by atoms with Crippen LogP contribution in [0.5, 0.6) is 0 Å². The number of nitrogens with zero attached hydrogens (tertiary/aromatic N) is 4. The average molecular weight is 429 g/mol. The minimum Gasteiger partial charge on any atom is -0.478 e. The van der Waals surface area contributed by atoms with Gasteiger partial charge in [-0.1, -0.05) is 18.2 Å². The van der Waals surface area contributed by atoms with Crippen LogP contribution in [0, 0.1) is 0 Å². The first kappa shape index (κ1) is 20.5. The summed E-state index contributed by atoms with van der Waals surface area (Å²) in [5.74, 6) is -0.150. The topological polar surface area (TPSA) is 95.7 Å². The van der Waals surface area contributed by atoms with E-state index in [2.05, 4.69) is 9.88 Å². The van der Waals surface area contributed by atoms with Gasteiger partial charge in [-0.2, -0.15) is 4.31 Å². The van der Waals surface area contributed by atoms with E-state index in [1.165, 1.54) is 0 Å². The Bertz CT molecular complexity index is 1170. The molecule has 30 heavy (non-hydrogen) atoms. The van der Waals surface area contributed by atoms with Gasteiger partial charge in [-0.05, 0) is 43.3 Å². The molecule has 1 aromatic heterocycles. The molecular weight excluding hydrogens is 404 g/mol. The molecule has 3 aromatic rings. The Labute approximate surface area is 175 Å². The van der Waals surface area contributed by atoms with Gasteiger partial charge in [0.2, 0.25) is 10.0 Å². The number of carboxylic acid groups (broad SMARTS) is 1. The molecule has 0 saturated carbocycles. The number of rotatable bonds is 5. The summed E-state index contributed by atoms with van der Waals surface area (Å²) in [5, 5.41) is 9.19. The van der Waals surface area contributed by atoms with Crippen molar-refractivity contribution in [1.82, 2.24) is 18.8 Å². The number of carbonyl (C=O) groups is 1. The Hall–Kier alpha value is -2.75. The third kappa shape index (κ3) is 3.96. The molecule has 2 heterocycles. The summed E-state index contributed by atoms with van der Waals surface area (Å²) in [5.41, 5.74) is 1.73. The molecule has 0 amide bonds. The monoisotopic (exact) mass is 428 g/mol. The number of aryl methyl sites for hydroxylation is 1. The molecule has 2 aromatic carbocycles. The first-order valence-electron chi connectivity index (χ1n) is 9.82. The van der Waals surface area contributed by atoms with Gasteiger partial charge in [0.05, 0.1) is 28.0 Å². The normalized spacial score (nSPS) is 16.6. The van der Waals surface area contributed by atoms with E-state index in [1.54, 1.807) is 52.8 Å². The Morgan fingerprint density at radius 2 is 1.83 bits per heavy atom. The number of imidazole rings is 1. The largest absolute Gasteiger partial charge is 0.478 e. The molecule has 9 heteroatoms. The van der Waals surface area contributed by atoms with Crippen LogP contribution in [0.4, 0.5) is 0 Å². The summed E-state index contributed by atoms with van der Waals surface area (Å²) in [7, 11) is -1.58. The highest BCUT2D eigenvalue weighted by Gasteiger charge is 2.27. The van der Waals surface area contributed by atoms with E-state index in [1.807, 2.05) is 11.6 Å². The maximum atomic E-state index is 12.9. The van der Waals surface area contributed by atoms with E-state index in [9.17, 15) is 18.3 Å². The standard InChI is InChI=1S/C21H24N4O4S/c1-23-19-9-8-16(21(26)27)14-18(19)22-20(23)15-24-10-5-11-25(13-12-24)30(28,29)17-6-3-2-4-7-17/h2-4,6-9,14H,5,10-13,15H2,1H3,(H,26,27). The predicted molar refractivity (Wildman–Crippen MR) is 113 cm³/mol. The zero-order valence-electron chi connectivity index (χ0n) is 16.7. The van der Waals surface area contributed by atoms with Crippen LogP contribution in [0.25, 0.3) is 11.0 Å². The molecule has 158 valence electrons. The lowest BCUT2D eigenvalue weighted by Crippen LogP contribution is -2.35. The van der Waals surface area contributed by atoms with Crippen molar-refractivity contribution in [1.29, 1.82) is 0 Å². The Balaban J connectivity index is 1.49. The third-order valence-electron chi connectivity index (χ3n) is 5.51. The molecule has 1 saturated heterocycles. The van der Waals surface area contributed by atoms with Crippen LogP contribution in [-0.4, -0.2) is 64.4 Å². The van der Waals surface area contributed by atoms with Crippen molar-refractivity contribution in [3.05, 3.63) is 59.9 Å². The number of hydrogen-bond acceptors (Lipinski definition) is 5. The van der Waals surface area contributed by atoms with E-state index in [0.717, 1.165) is 24.3 Å². The molecule has 8 nitrogen and oxygen atoms in total. The number of aromatic nitrogens is 2. The first-order valence-corrected chi connectivity index (χ1v) is 11.3. The van der Waals surface area contributed by atoms with Gasteiger partial charge >= 0.3 is 5.97 Å². The summed E-state index contributed by atoms with van der Waals surface area (Å²) < 4.78 is 29.3. The van der Waals surface area contributed by atoms with Gasteiger partial charge in [0.15, 0.2) is 0 Å². The molecular formula is C21H24N4O4S. The van der Waals surface area contributed by atoms with E-state index >= 15 is 0 Å². The number of fused-ring (bicyclic) bond motifs is 1. The fraction of sp³-hybridized carbons (Fsp3) is 0.333. The SMILES string of the molecule is Cn1c(CN2CCCN(S(=O)(=O)c3ccccc3)CC2)nc2cc(C(=O)O)ccc21. The fourth-order valence-corrected chi connectivity index (χ4v) is 5.30. The Morgan fingerprint density at radius 3 is 2.57 bits per heavy atom. The highest BCUT2D eigenvalue weighted by atomic mass is 32.2. The number of aromatic carboxylic acids is 1. The van der Waals surface area contributed by atoms with Gasteiger partial charge in [0.1, 0.15) is 5.82 Å². The summed E-state index contributed by atoms with van der Waals surface area (Å²) in [6, 6.07) is 13.5. The summed E-state index contributed by atoms with van der Waals surface area (Å²) in [6.45, 7) is 2.86. The predicted octanol–water partition coefficient (Wildman–Crippen LogP) is 2.17. The zero-order valence-corrected chi connectivity index (χ0v) is 17.5. The minimum absolute atomic E-state index is 0.212. The first-order chi connectivity index (χ1) is 14.4. The van der Waals surface area contributed by atoms with Crippen molar-refractivity contribution < 1.29 is 18.3 Å². The zero-order chi connectivity index (χ0) is 21.3. The average Bonchev–Trinajstić information content (AvgIpc) is 2.90. The lowest BCUT2D eigenvalue weighted by Gasteiger charge is -2.21. The van der Waals surface area contributed by atoms with Gasteiger partial charge in [0, 0.05) is 26.7 Å². The molecule has 0 atom stereocenters. The fourth-order valence-electron chi connectivity index (χ4n) is 3.81. The lowest BCUT2D eigenvalue weighted by molar-refractivity contribution is 0.0697. The maximum Gasteiger partial charge on any atom is 0.335 e. The number of benzene rings is 2. The third-order valence-corrected chi connectivity index (χ3v) is 7.43. The molecule has 0 radical (unpaired) electrons. The Kier molecular flexibility index (Phi) is 5.59. The number of sulfonamides is 1. The van der Waals surface area contributed by atoms with Crippen LogP contribution >= 0.6 is 0 Å². The lowest BCUT2D eigenvalue weighted by atomic mass is 10.2. The van der Waals surface area contributed by atoms with Gasteiger partial charge in [-0.15, -0.1) is 0 Å². The maximum absolute atomic E-state index is 12.9. The summed E-state index contributed by atoms with van der Waals surface area (Å²) in [6.07, 6.45) is 0.735. The van der Waals surface area contributed by atoms with Crippen molar-refractivity contribution >= 4 is 27.0 Å². The van der Waals surface area contributed by atoms with E-state index in [-0.39, 0.29) is 5.56 Å². The summed E-state index contributed by atoms with van der Waals surface area (Å²) in [4.78, 5) is 18.3. The molecule has 4 rings (SSSR count). The highest BCUT2D eigenvalue weighted by Crippen LogP contribution is 2.20. The highest BCUT2D eigenvalue weighted by molar-refractivity contribution is 7.89. The molecule has 1 N–H and O–H groups in total. The van der Waals surface area contributed by atoms with Crippen LogP contribution in [-0.2, 0) is 23.6 Å². The second-order valence-electron chi connectivity index (χ2n) is 7.44. The molecule has 1 fully saturated rings. The Morgan fingerprint density at radius 1 is 1.07 bits per heavy atom. The van der Waals surface area contributed by atoms with E-state index < -0.39 is 16.0 Å². The molecule has 0 aliphatic carbocycles. The van der Waals surface area contributed by atoms with Crippen LogP contribution in [0.2, 0.25) is 0 Å². The minimum atomic E-state index is -3.49. The van der Waals surface area contributed by atoms with Gasteiger partial charge in [-0.3, -0.25) is 4.90 Å². The molecule has 1 aliphatic rings. The van der Waals surface area contributed by atoms with E-state index in [4.69, 9.17) is 0 Å². The second kappa shape index (κ2) is 8.17. The van der Waals surface area contributed by atoms with Gasteiger partial charge in [-0.25, -0.2) is 18.2 Å². The van der Waals surface area contributed by atoms with Crippen molar-refractivity contribution in [3.63, 3.8) is 0 Å². The molecule has 0 bridgehead atoms. The van der Waals surface area contributed by atoms with E-state index in [0.29, 0.717) is 36.6 Å². The van der Waals surface area contributed by atoms with Crippen molar-refractivity contribution in [2.24, 2.45) is 7.05 Å². The number of hydrogen-bond donors (Lipinski definition) is 1. The molecule has 0 spiro atoms. The van der Waals surface area contributed by atoms with Crippen LogP contribution in [0.3, 0.4) is 0 Å². The van der Waals surface area contributed by atoms with Crippen molar-refractivity contribution in [3.8, 4) is 0 Å². The van der Waals surface area contributed by atoms with Crippen LogP contribution in [0.15, 0.2) is 53.4 Å². The summed E-state index contributed by atoms with van der Waals surface area (Å²) >= 11 is 0. The van der Waals surface area contributed by atoms with Crippen molar-refractivity contribution in [2.45, 2.75) is 17.9 Å². The second-order valence-corrected chi connectivity index (χ2v) is 9.38.